The molecule has 0 saturated carbocycles. The maximum atomic E-state index is 11.9. The SMILES string of the molecule is CC(O)CCN(C)C(=O)NC(C)c1cccc(Br)c1. The number of nitrogens with one attached hydrogen (secondary N) is 1. The van der Waals surface area contributed by atoms with Gasteiger partial charge in [0.15, 0.2) is 0 Å². The van der Waals surface area contributed by atoms with Crippen molar-refractivity contribution >= 4 is 22.0 Å². The quantitative estimate of drug-likeness (QED) is 0.873. The lowest BCUT2D eigenvalue weighted by Crippen LogP contribution is -2.39. The average Bonchev–Trinajstić information content (AvgIpc) is 2.35. The van der Waals surface area contributed by atoms with Crippen LogP contribution in [-0.2, 0) is 0 Å². The van der Waals surface area contributed by atoms with Gasteiger partial charge >= 0.3 is 6.03 Å². The van der Waals surface area contributed by atoms with E-state index in [1.807, 2.05) is 31.2 Å². The summed E-state index contributed by atoms with van der Waals surface area (Å²) in [5.74, 6) is 0. The molecule has 2 unspecified atom stereocenters. The molecular weight excluding hydrogens is 308 g/mol. The molecule has 4 nitrogen and oxygen atoms in total. The van der Waals surface area contributed by atoms with E-state index >= 15 is 0 Å². The molecule has 2 amide bonds. The van der Waals surface area contributed by atoms with Crippen LogP contribution < -0.4 is 5.32 Å². The lowest BCUT2D eigenvalue weighted by atomic mass is 10.1. The number of hydrogen-bond acceptors (Lipinski definition) is 2. The fourth-order valence-corrected chi connectivity index (χ4v) is 2.05. The van der Waals surface area contributed by atoms with Crippen molar-refractivity contribution in [2.45, 2.75) is 32.4 Å². The van der Waals surface area contributed by atoms with Gasteiger partial charge in [-0.05, 0) is 38.0 Å². The van der Waals surface area contributed by atoms with Crippen LogP contribution in [0.2, 0.25) is 0 Å². The highest BCUT2D eigenvalue weighted by atomic mass is 79.9. The fourth-order valence-electron chi connectivity index (χ4n) is 1.64. The molecule has 0 radical (unpaired) electrons. The molecule has 0 saturated heterocycles. The van der Waals surface area contributed by atoms with E-state index < -0.39 is 6.10 Å². The molecular formula is C14H21BrN2O2. The van der Waals surface area contributed by atoms with Crippen LogP contribution in [-0.4, -0.2) is 35.7 Å². The van der Waals surface area contributed by atoms with Gasteiger partial charge < -0.3 is 15.3 Å². The van der Waals surface area contributed by atoms with Crippen molar-refractivity contribution in [1.82, 2.24) is 10.2 Å². The number of aliphatic hydroxyl groups excluding tert-OH is 1. The molecule has 5 heteroatoms. The van der Waals surface area contributed by atoms with Gasteiger partial charge in [0, 0.05) is 18.1 Å². The maximum Gasteiger partial charge on any atom is 0.317 e. The third-order valence-electron chi connectivity index (χ3n) is 2.92. The minimum absolute atomic E-state index is 0.0565. The van der Waals surface area contributed by atoms with Crippen molar-refractivity contribution in [2.75, 3.05) is 13.6 Å². The van der Waals surface area contributed by atoms with E-state index in [4.69, 9.17) is 0 Å². The number of hydrogen-bond donors (Lipinski definition) is 2. The van der Waals surface area contributed by atoms with Gasteiger partial charge in [0.05, 0.1) is 12.1 Å². The van der Waals surface area contributed by atoms with E-state index in [0.717, 1.165) is 10.0 Å². The van der Waals surface area contributed by atoms with E-state index in [2.05, 4.69) is 21.2 Å². The molecule has 106 valence electrons. The monoisotopic (exact) mass is 328 g/mol. The van der Waals surface area contributed by atoms with Crippen LogP contribution in [0.1, 0.15) is 31.9 Å². The Labute approximate surface area is 122 Å². The Kier molecular flexibility index (Phi) is 6.31. The number of halogens is 1. The summed E-state index contributed by atoms with van der Waals surface area (Å²) in [4.78, 5) is 13.5. The van der Waals surface area contributed by atoms with E-state index in [9.17, 15) is 9.90 Å². The highest BCUT2D eigenvalue weighted by molar-refractivity contribution is 9.10. The normalized spacial score (nSPS) is 13.7. The second-order valence-corrected chi connectivity index (χ2v) is 5.70. The number of urea groups is 1. The number of aliphatic hydroxyl groups is 1. The first-order valence-corrected chi connectivity index (χ1v) is 7.14. The van der Waals surface area contributed by atoms with Gasteiger partial charge in [-0.1, -0.05) is 28.1 Å². The summed E-state index contributed by atoms with van der Waals surface area (Å²) in [7, 11) is 1.73. The molecule has 0 heterocycles. The van der Waals surface area contributed by atoms with Gasteiger partial charge in [0.2, 0.25) is 0 Å². The van der Waals surface area contributed by atoms with Gasteiger partial charge in [0.1, 0.15) is 0 Å². The molecule has 0 aliphatic heterocycles. The molecule has 1 aromatic carbocycles. The number of rotatable bonds is 5. The highest BCUT2D eigenvalue weighted by Gasteiger charge is 2.13. The number of nitrogens with zero attached hydrogens (tertiary/aromatic N) is 1. The van der Waals surface area contributed by atoms with Crippen molar-refractivity contribution in [2.24, 2.45) is 0 Å². The van der Waals surface area contributed by atoms with Crippen LogP contribution in [0, 0.1) is 0 Å². The third kappa shape index (κ3) is 5.61. The summed E-state index contributed by atoms with van der Waals surface area (Å²) < 4.78 is 0.994. The smallest absolute Gasteiger partial charge is 0.317 e. The van der Waals surface area contributed by atoms with E-state index in [1.54, 1.807) is 18.9 Å². The Morgan fingerprint density at radius 1 is 1.47 bits per heavy atom. The van der Waals surface area contributed by atoms with E-state index in [-0.39, 0.29) is 12.1 Å². The molecule has 0 aliphatic rings. The van der Waals surface area contributed by atoms with Crippen LogP contribution in [0.4, 0.5) is 4.79 Å². The largest absolute Gasteiger partial charge is 0.393 e. The second-order valence-electron chi connectivity index (χ2n) is 4.79. The summed E-state index contributed by atoms with van der Waals surface area (Å²) in [6, 6.07) is 7.67. The molecule has 1 rings (SSSR count). The zero-order chi connectivity index (χ0) is 14.4. The van der Waals surface area contributed by atoms with Gasteiger partial charge in [-0.15, -0.1) is 0 Å². The van der Waals surface area contributed by atoms with E-state index in [0.29, 0.717) is 13.0 Å². The van der Waals surface area contributed by atoms with Crippen LogP contribution in [0.15, 0.2) is 28.7 Å². The molecule has 0 aliphatic carbocycles. The maximum absolute atomic E-state index is 11.9. The molecule has 0 spiro atoms. The number of amides is 2. The minimum atomic E-state index is -0.391. The lowest BCUT2D eigenvalue weighted by molar-refractivity contribution is 0.162. The number of carbonyl (C=O) groups excluding carboxylic acids is 1. The van der Waals surface area contributed by atoms with Gasteiger partial charge in [-0.25, -0.2) is 4.79 Å². The van der Waals surface area contributed by atoms with Crippen molar-refractivity contribution < 1.29 is 9.90 Å². The molecule has 2 N–H and O–H groups in total. The van der Waals surface area contributed by atoms with E-state index in [1.165, 1.54) is 0 Å². The molecule has 2 atom stereocenters. The minimum Gasteiger partial charge on any atom is -0.393 e. The Morgan fingerprint density at radius 3 is 2.74 bits per heavy atom. The summed E-state index contributed by atoms with van der Waals surface area (Å²) in [5, 5.41) is 12.1. The summed E-state index contributed by atoms with van der Waals surface area (Å²) in [5.41, 5.74) is 1.05. The molecule has 0 aromatic heterocycles. The molecule has 19 heavy (non-hydrogen) atoms. The van der Waals surface area contributed by atoms with Crippen LogP contribution in [0.3, 0.4) is 0 Å². The standard InChI is InChI=1S/C14H21BrN2O2/c1-10(18)7-8-17(3)14(19)16-11(2)12-5-4-6-13(15)9-12/h4-6,9-11,18H,7-8H2,1-3H3,(H,16,19). The van der Waals surface area contributed by atoms with Gasteiger partial charge in [-0.2, -0.15) is 0 Å². The first-order chi connectivity index (χ1) is 8.90. The van der Waals surface area contributed by atoms with Crippen LogP contribution in [0.25, 0.3) is 0 Å². The second kappa shape index (κ2) is 7.50. The predicted octanol–water partition coefficient (Wildman–Crippen LogP) is 2.92. The van der Waals surface area contributed by atoms with Crippen molar-refractivity contribution in [3.63, 3.8) is 0 Å². The first-order valence-electron chi connectivity index (χ1n) is 6.35. The summed E-state index contributed by atoms with van der Waals surface area (Å²) in [6.45, 7) is 4.20. The number of benzene rings is 1. The third-order valence-corrected chi connectivity index (χ3v) is 3.41. The first kappa shape index (κ1) is 16.0. The molecule has 1 aromatic rings. The van der Waals surface area contributed by atoms with Gasteiger partial charge in [-0.3, -0.25) is 0 Å². The number of carbonyl (C=O) groups is 1. The Morgan fingerprint density at radius 2 is 2.16 bits per heavy atom. The fraction of sp³-hybridized carbons (Fsp3) is 0.500. The highest BCUT2D eigenvalue weighted by Crippen LogP contribution is 2.17. The van der Waals surface area contributed by atoms with Crippen molar-refractivity contribution in [3.8, 4) is 0 Å². The average molecular weight is 329 g/mol. The topological polar surface area (TPSA) is 52.6 Å². The Hall–Kier alpha value is -1.07. The summed E-state index contributed by atoms with van der Waals surface area (Å²) in [6.07, 6.45) is 0.188. The van der Waals surface area contributed by atoms with Crippen LogP contribution >= 0.6 is 15.9 Å². The Bertz CT molecular complexity index is 424. The molecule has 0 fully saturated rings. The van der Waals surface area contributed by atoms with Crippen molar-refractivity contribution in [3.05, 3.63) is 34.3 Å². The zero-order valence-corrected chi connectivity index (χ0v) is 13.1. The lowest BCUT2D eigenvalue weighted by Gasteiger charge is -2.22. The van der Waals surface area contributed by atoms with Crippen molar-refractivity contribution in [1.29, 1.82) is 0 Å². The predicted molar refractivity (Wildman–Crippen MR) is 80.0 cm³/mol. The zero-order valence-electron chi connectivity index (χ0n) is 11.6. The van der Waals surface area contributed by atoms with Gasteiger partial charge in [0.25, 0.3) is 0 Å². The summed E-state index contributed by atoms with van der Waals surface area (Å²) >= 11 is 3.42. The Balaban J connectivity index is 2.52. The molecule has 0 bridgehead atoms. The van der Waals surface area contributed by atoms with Crippen LogP contribution in [0.5, 0.6) is 0 Å².